The van der Waals surface area contributed by atoms with Gasteiger partial charge in [-0.2, -0.15) is 0 Å². The summed E-state index contributed by atoms with van der Waals surface area (Å²) in [6, 6.07) is 4.82. The summed E-state index contributed by atoms with van der Waals surface area (Å²) in [5.74, 6) is -1.04. The summed E-state index contributed by atoms with van der Waals surface area (Å²) in [5, 5.41) is 14.4. The standard InChI is InChI=1S/C14H17N3O3S/c1-3-6-14(2,12(18)19)17-13(20)16-9-4-5-10-11(7-9)21-8-15-10/h4-5,7-8H,3,6H2,1-2H3,(H,18,19)(H2,16,17,20). The monoisotopic (exact) mass is 307 g/mol. The largest absolute Gasteiger partial charge is 0.480 e. The number of thiazole rings is 1. The number of carbonyl (C=O) groups is 2. The van der Waals surface area contributed by atoms with Gasteiger partial charge in [0.05, 0.1) is 15.7 Å². The summed E-state index contributed by atoms with van der Waals surface area (Å²) >= 11 is 1.48. The first-order chi connectivity index (χ1) is 9.94. The number of carboxylic acids is 1. The average molecular weight is 307 g/mol. The first-order valence-corrected chi connectivity index (χ1v) is 7.48. The summed E-state index contributed by atoms with van der Waals surface area (Å²) in [4.78, 5) is 27.4. The van der Waals surface area contributed by atoms with E-state index in [-0.39, 0.29) is 0 Å². The highest BCUT2D eigenvalue weighted by Gasteiger charge is 2.33. The lowest BCUT2D eigenvalue weighted by Crippen LogP contribution is -2.53. The van der Waals surface area contributed by atoms with Crippen molar-refractivity contribution < 1.29 is 14.7 Å². The van der Waals surface area contributed by atoms with Crippen LogP contribution < -0.4 is 10.6 Å². The molecule has 1 heterocycles. The van der Waals surface area contributed by atoms with Gasteiger partial charge in [0.25, 0.3) is 0 Å². The van der Waals surface area contributed by atoms with Gasteiger partial charge in [0.1, 0.15) is 5.54 Å². The van der Waals surface area contributed by atoms with Crippen molar-refractivity contribution in [2.24, 2.45) is 0 Å². The molecule has 7 heteroatoms. The Hall–Kier alpha value is -2.15. The zero-order chi connectivity index (χ0) is 15.5. The molecule has 3 N–H and O–H groups in total. The molecule has 0 saturated carbocycles. The number of carbonyl (C=O) groups excluding carboxylic acids is 1. The summed E-state index contributed by atoms with van der Waals surface area (Å²) in [7, 11) is 0. The second-order valence-electron chi connectivity index (χ2n) is 5.00. The number of urea groups is 1. The fourth-order valence-electron chi connectivity index (χ4n) is 2.07. The number of amides is 2. The molecule has 1 atom stereocenters. The number of hydrogen-bond acceptors (Lipinski definition) is 4. The summed E-state index contributed by atoms with van der Waals surface area (Å²) < 4.78 is 0.961. The van der Waals surface area contributed by atoms with Gasteiger partial charge in [-0.25, -0.2) is 14.6 Å². The van der Waals surface area contributed by atoms with Gasteiger partial charge in [0.15, 0.2) is 0 Å². The lowest BCUT2D eigenvalue weighted by atomic mass is 9.97. The average Bonchev–Trinajstić information content (AvgIpc) is 2.85. The van der Waals surface area contributed by atoms with E-state index in [9.17, 15) is 14.7 Å². The van der Waals surface area contributed by atoms with Crippen molar-refractivity contribution in [3.8, 4) is 0 Å². The summed E-state index contributed by atoms with van der Waals surface area (Å²) in [5.41, 5.74) is 1.94. The van der Waals surface area contributed by atoms with Gasteiger partial charge in [-0.1, -0.05) is 13.3 Å². The molecule has 0 aliphatic carbocycles. The van der Waals surface area contributed by atoms with Gasteiger partial charge in [-0.15, -0.1) is 11.3 Å². The van der Waals surface area contributed by atoms with E-state index in [1.54, 1.807) is 11.6 Å². The molecule has 0 spiro atoms. The number of nitrogens with one attached hydrogen (secondary N) is 2. The fraction of sp³-hybridized carbons (Fsp3) is 0.357. The van der Waals surface area contributed by atoms with Gasteiger partial charge in [0.2, 0.25) is 0 Å². The molecule has 1 aromatic carbocycles. The van der Waals surface area contributed by atoms with Crippen LogP contribution >= 0.6 is 11.3 Å². The number of rotatable bonds is 5. The van der Waals surface area contributed by atoms with Gasteiger partial charge < -0.3 is 15.7 Å². The quantitative estimate of drug-likeness (QED) is 0.791. The topological polar surface area (TPSA) is 91.3 Å². The minimum atomic E-state index is -1.27. The number of benzene rings is 1. The minimum Gasteiger partial charge on any atom is -0.480 e. The molecule has 0 aliphatic heterocycles. The van der Waals surface area contributed by atoms with Crippen molar-refractivity contribution in [3.63, 3.8) is 0 Å². The van der Waals surface area contributed by atoms with Crippen LogP contribution in [0.2, 0.25) is 0 Å². The van der Waals surface area contributed by atoms with Gasteiger partial charge >= 0.3 is 12.0 Å². The van der Waals surface area contributed by atoms with Crippen LogP contribution in [0.25, 0.3) is 10.2 Å². The molecule has 2 rings (SSSR count). The summed E-state index contributed by atoms with van der Waals surface area (Å²) in [6.07, 6.45) is 1.03. The normalized spacial score (nSPS) is 13.6. The maximum absolute atomic E-state index is 12.0. The molecule has 6 nitrogen and oxygen atoms in total. The third-order valence-electron chi connectivity index (χ3n) is 3.20. The first kappa shape index (κ1) is 15.2. The molecule has 0 bridgehead atoms. The van der Waals surface area contributed by atoms with Crippen LogP contribution in [0.1, 0.15) is 26.7 Å². The van der Waals surface area contributed by atoms with E-state index in [4.69, 9.17) is 0 Å². The van der Waals surface area contributed by atoms with Crippen molar-refractivity contribution in [1.82, 2.24) is 10.3 Å². The number of aliphatic carboxylic acids is 1. The van der Waals surface area contributed by atoms with E-state index >= 15 is 0 Å². The Bertz CT molecular complexity index is 670. The van der Waals surface area contributed by atoms with Crippen molar-refractivity contribution >= 4 is 39.2 Å². The molecular formula is C14H17N3O3S. The lowest BCUT2D eigenvalue weighted by molar-refractivity contribution is -0.143. The Kier molecular flexibility index (Phi) is 4.42. The van der Waals surface area contributed by atoms with E-state index < -0.39 is 17.5 Å². The second-order valence-corrected chi connectivity index (χ2v) is 5.89. The molecule has 0 saturated heterocycles. The van der Waals surface area contributed by atoms with Crippen molar-refractivity contribution in [2.75, 3.05) is 5.32 Å². The van der Waals surface area contributed by atoms with Crippen LogP contribution in [0.15, 0.2) is 23.7 Å². The van der Waals surface area contributed by atoms with Gasteiger partial charge in [0, 0.05) is 5.69 Å². The molecule has 112 valence electrons. The molecule has 1 unspecified atom stereocenters. The van der Waals surface area contributed by atoms with Crippen LogP contribution in [0.5, 0.6) is 0 Å². The van der Waals surface area contributed by atoms with Gasteiger partial charge in [-0.3, -0.25) is 0 Å². The Morgan fingerprint density at radius 2 is 2.19 bits per heavy atom. The first-order valence-electron chi connectivity index (χ1n) is 6.60. The highest BCUT2D eigenvalue weighted by molar-refractivity contribution is 7.16. The van der Waals surface area contributed by atoms with Crippen LogP contribution in [-0.4, -0.2) is 27.6 Å². The van der Waals surface area contributed by atoms with Crippen LogP contribution in [-0.2, 0) is 4.79 Å². The molecule has 0 radical (unpaired) electrons. The van der Waals surface area contributed by atoms with E-state index in [0.29, 0.717) is 18.5 Å². The van der Waals surface area contributed by atoms with Crippen molar-refractivity contribution in [3.05, 3.63) is 23.7 Å². The Balaban J connectivity index is 2.08. The van der Waals surface area contributed by atoms with Crippen molar-refractivity contribution in [1.29, 1.82) is 0 Å². The number of aromatic nitrogens is 1. The third-order valence-corrected chi connectivity index (χ3v) is 3.99. The number of hydrogen-bond donors (Lipinski definition) is 3. The smallest absolute Gasteiger partial charge is 0.329 e. The molecular weight excluding hydrogens is 290 g/mol. The van der Waals surface area contributed by atoms with E-state index in [0.717, 1.165) is 10.2 Å². The Morgan fingerprint density at radius 3 is 2.86 bits per heavy atom. The molecule has 1 aromatic heterocycles. The zero-order valence-electron chi connectivity index (χ0n) is 11.8. The number of anilines is 1. The third kappa shape index (κ3) is 3.49. The van der Waals surface area contributed by atoms with Crippen molar-refractivity contribution in [2.45, 2.75) is 32.2 Å². The molecule has 0 fully saturated rings. The van der Waals surface area contributed by atoms with Gasteiger partial charge in [-0.05, 0) is 31.5 Å². The Morgan fingerprint density at radius 1 is 1.43 bits per heavy atom. The second kappa shape index (κ2) is 6.09. The minimum absolute atomic E-state index is 0.365. The number of nitrogens with zero attached hydrogens (tertiary/aromatic N) is 1. The maximum Gasteiger partial charge on any atom is 0.329 e. The number of carboxylic acid groups (broad SMARTS) is 1. The van der Waals surface area contributed by atoms with E-state index in [1.165, 1.54) is 18.3 Å². The highest BCUT2D eigenvalue weighted by atomic mass is 32.1. The predicted octanol–water partition coefficient (Wildman–Crippen LogP) is 3.06. The predicted molar refractivity (Wildman–Crippen MR) is 82.7 cm³/mol. The molecule has 21 heavy (non-hydrogen) atoms. The zero-order valence-corrected chi connectivity index (χ0v) is 12.7. The summed E-state index contributed by atoms with van der Waals surface area (Å²) in [6.45, 7) is 3.38. The number of fused-ring (bicyclic) bond motifs is 1. The SMILES string of the molecule is CCCC(C)(NC(=O)Nc1ccc2ncsc2c1)C(=O)O. The fourth-order valence-corrected chi connectivity index (χ4v) is 2.78. The van der Waals surface area contributed by atoms with E-state index in [2.05, 4.69) is 15.6 Å². The Labute approximate surface area is 126 Å². The lowest BCUT2D eigenvalue weighted by Gasteiger charge is -2.25. The van der Waals surface area contributed by atoms with Crippen LogP contribution in [0.3, 0.4) is 0 Å². The molecule has 2 amide bonds. The van der Waals surface area contributed by atoms with Crippen LogP contribution in [0, 0.1) is 0 Å². The molecule has 2 aromatic rings. The molecule has 0 aliphatic rings. The highest BCUT2D eigenvalue weighted by Crippen LogP contribution is 2.22. The van der Waals surface area contributed by atoms with Crippen LogP contribution in [0.4, 0.5) is 10.5 Å². The van der Waals surface area contributed by atoms with E-state index in [1.807, 2.05) is 19.1 Å². The maximum atomic E-state index is 12.0.